The molecule has 1 heterocycles. The molecule has 0 aliphatic carbocycles. The van der Waals surface area contributed by atoms with Crippen molar-refractivity contribution in [3.05, 3.63) is 24.3 Å². The number of carboxylic acid groups (broad SMARTS) is 1. The first-order valence-corrected chi connectivity index (χ1v) is 5.71. The molecule has 0 unspecified atom stereocenters. The van der Waals surface area contributed by atoms with Crippen LogP contribution in [0.4, 0.5) is 0 Å². The first-order chi connectivity index (χ1) is 8.24. The summed E-state index contributed by atoms with van der Waals surface area (Å²) in [6, 6.07) is 7.74. The van der Waals surface area contributed by atoms with Crippen LogP contribution in [0.15, 0.2) is 24.3 Å². The van der Waals surface area contributed by atoms with Gasteiger partial charge in [0, 0.05) is 6.42 Å². The van der Waals surface area contributed by atoms with Crippen LogP contribution in [0.2, 0.25) is 0 Å². The van der Waals surface area contributed by atoms with Crippen LogP contribution < -0.4 is 0 Å². The topological polar surface area (TPSA) is 78.9 Å². The van der Waals surface area contributed by atoms with E-state index in [1.54, 1.807) is 0 Å². The minimum atomic E-state index is -0.682. The summed E-state index contributed by atoms with van der Waals surface area (Å²) in [5.74, 6) is -0.682. The molecule has 0 bridgehead atoms. The van der Waals surface area contributed by atoms with Gasteiger partial charge in [-0.15, -0.1) is 5.10 Å². The molecule has 2 N–H and O–H groups in total. The second kappa shape index (κ2) is 7.38. The van der Waals surface area contributed by atoms with E-state index >= 15 is 0 Å². The predicted octanol–water partition coefficient (Wildman–Crippen LogP) is 2.61. The van der Waals surface area contributed by atoms with Gasteiger partial charge in [-0.2, -0.15) is 0 Å². The molecule has 1 aromatic carbocycles. The van der Waals surface area contributed by atoms with Crippen molar-refractivity contribution in [3.63, 3.8) is 0 Å². The highest BCUT2D eigenvalue weighted by molar-refractivity contribution is 5.72. The number of aliphatic carboxylic acids is 1. The maximum atomic E-state index is 9.87. The van der Waals surface area contributed by atoms with Crippen molar-refractivity contribution in [1.29, 1.82) is 0 Å². The molecule has 92 valence electrons. The fourth-order valence-electron chi connectivity index (χ4n) is 1.31. The minimum Gasteiger partial charge on any atom is -0.481 e. The van der Waals surface area contributed by atoms with Crippen LogP contribution in [0.3, 0.4) is 0 Å². The van der Waals surface area contributed by atoms with E-state index < -0.39 is 5.97 Å². The van der Waals surface area contributed by atoms with Crippen LogP contribution in [-0.2, 0) is 4.79 Å². The van der Waals surface area contributed by atoms with Gasteiger partial charge in [0.25, 0.3) is 0 Å². The Kier molecular flexibility index (Phi) is 5.71. The van der Waals surface area contributed by atoms with E-state index in [0.717, 1.165) is 30.3 Å². The molecule has 17 heavy (non-hydrogen) atoms. The second-order valence-electron chi connectivity index (χ2n) is 3.68. The van der Waals surface area contributed by atoms with E-state index in [4.69, 9.17) is 5.11 Å². The number of carbonyl (C=O) groups is 1. The summed E-state index contributed by atoms with van der Waals surface area (Å²) in [5.41, 5.74) is 1.90. The number of aromatic nitrogens is 3. The Morgan fingerprint density at radius 3 is 2.76 bits per heavy atom. The van der Waals surface area contributed by atoms with Gasteiger partial charge in [0.1, 0.15) is 5.52 Å². The summed E-state index contributed by atoms with van der Waals surface area (Å²) >= 11 is 0. The number of H-pyrrole nitrogens is 1. The molecule has 0 radical (unpaired) electrons. The van der Waals surface area contributed by atoms with Gasteiger partial charge in [0.15, 0.2) is 0 Å². The number of hydrogen-bond donors (Lipinski definition) is 2. The summed E-state index contributed by atoms with van der Waals surface area (Å²) in [5, 5.41) is 18.3. The third-order valence-corrected chi connectivity index (χ3v) is 2.23. The number of para-hydroxylation sites is 1. The maximum Gasteiger partial charge on any atom is 0.303 e. The molecule has 0 aliphatic rings. The Morgan fingerprint density at radius 2 is 2.12 bits per heavy atom. The highest BCUT2D eigenvalue weighted by Gasteiger charge is 1.92. The fourth-order valence-corrected chi connectivity index (χ4v) is 1.31. The molecule has 0 fully saturated rings. The molecular weight excluding hydrogens is 218 g/mol. The second-order valence-corrected chi connectivity index (χ2v) is 3.68. The highest BCUT2D eigenvalue weighted by Crippen LogP contribution is 2.03. The smallest absolute Gasteiger partial charge is 0.303 e. The fraction of sp³-hybridized carbons (Fsp3) is 0.417. The summed E-state index contributed by atoms with van der Waals surface area (Å²) in [6.07, 6.45) is 3.28. The van der Waals surface area contributed by atoms with Gasteiger partial charge >= 0.3 is 5.97 Å². The Morgan fingerprint density at radius 1 is 1.35 bits per heavy atom. The lowest BCUT2D eigenvalue weighted by Gasteiger charge is -1.89. The first-order valence-electron chi connectivity index (χ1n) is 5.71. The maximum absolute atomic E-state index is 9.87. The first kappa shape index (κ1) is 13.2. The normalized spacial score (nSPS) is 9.71. The van der Waals surface area contributed by atoms with Crippen LogP contribution in [0, 0.1) is 0 Å². The lowest BCUT2D eigenvalue weighted by atomic mass is 10.2. The van der Waals surface area contributed by atoms with Crippen molar-refractivity contribution in [2.24, 2.45) is 0 Å². The Labute approximate surface area is 99.8 Å². The third kappa shape index (κ3) is 5.10. The van der Waals surface area contributed by atoms with Crippen molar-refractivity contribution in [1.82, 2.24) is 15.4 Å². The Bertz CT molecular complexity index is 423. The molecule has 0 atom stereocenters. The van der Waals surface area contributed by atoms with E-state index in [2.05, 4.69) is 22.3 Å². The average molecular weight is 235 g/mol. The molecule has 0 amide bonds. The third-order valence-electron chi connectivity index (χ3n) is 2.23. The zero-order valence-corrected chi connectivity index (χ0v) is 9.89. The lowest BCUT2D eigenvalue weighted by Crippen LogP contribution is -1.92. The van der Waals surface area contributed by atoms with Crippen molar-refractivity contribution in [2.75, 3.05) is 0 Å². The highest BCUT2D eigenvalue weighted by atomic mass is 16.4. The molecule has 0 spiro atoms. The van der Waals surface area contributed by atoms with Gasteiger partial charge in [0.05, 0.1) is 5.52 Å². The van der Waals surface area contributed by atoms with E-state index in [9.17, 15) is 4.79 Å². The SMILES string of the molecule is CCCCCC(=O)O.c1ccc2[nH]nnc2c1. The number of unbranched alkanes of at least 4 members (excludes halogenated alkanes) is 2. The van der Waals surface area contributed by atoms with Crippen LogP contribution in [0.5, 0.6) is 0 Å². The zero-order chi connectivity index (χ0) is 12.5. The number of nitrogens with zero attached hydrogens (tertiary/aromatic N) is 2. The molecule has 0 saturated carbocycles. The van der Waals surface area contributed by atoms with Crippen LogP contribution in [-0.4, -0.2) is 26.5 Å². The summed E-state index contributed by atoms with van der Waals surface area (Å²) in [6.45, 7) is 2.06. The van der Waals surface area contributed by atoms with Crippen molar-refractivity contribution < 1.29 is 9.90 Å². The number of fused-ring (bicyclic) bond motifs is 1. The van der Waals surface area contributed by atoms with Crippen LogP contribution >= 0.6 is 0 Å². The molecule has 0 aliphatic heterocycles. The van der Waals surface area contributed by atoms with Crippen molar-refractivity contribution in [2.45, 2.75) is 32.6 Å². The molecule has 2 rings (SSSR count). The summed E-state index contributed by atoms with van der Waals surface area (Å²) in [4.78, 5) is 9.87. The van der Waals surface area contributed by atoms with E-state index in [-0.39, 0.29) is 0 Å². The van der Waals surface area contributed by atoms with Crippen LogP contribution in [0.25, 0.3) is 11.0 Å². The number of hydrogen-bond acceptors (Lipinski definition) is 3. The molecule has 0 saturated heterocycles. The van der Waals surface area contributed by atoms with E-state index in [1.807, 2.05) is 24.3 Å². The molecular formula is C12H17N3O2. The average Bonchev–Trinajstić information content (AvgIpc) is 2.78. The number of nitrogens with one attached hydrogen (secondary N) is 1. The van der Waals surface area contributed by atoms with E-state index in [0.29, 0.717) is 6.42 Å². The standard InChI is InChI=1S/C6H5N3.C6H12O2/c1-2-4-6-5(3-1)7-9-8-6;1-2-3-4-5-6(7)8/h1-4H,(H,7,8,9);2-5H2,1H3,(H,7,8). The molecule has 5 nitrogen and oxygen atoms in total. The van der Waals surface area contributed by atoms with Gasteiger partial charge in [-0.3, -0.25) is 9.89 Å². The monoisotopic (exact) mass is 235 g/mol. The zero-order valence-electron chi connectivity index (χ0n) is 9.89. The lowest BCUT2D eigenvalue weighted by molar-refractivity contribution is -0.137. The van der Waals surface area contributed by atoms with Gasteiger partial charge in [-0.05, 0) is 18.6 Å². The summed E-state index contributed by atoms with van der Waals surface area (Å²) < 4.78 is 0. The van der Waals surface area contributed by atoms with Gasteiger partial charge in [-0.25, -0.2) is 0 Å². The minimum absolute atomic E-state index is 0.327. The molecule has 1 aromatic heterocycles. The van der Waals surface area contributed by atoms with Gasteiger partial charge in [0.2, 0.25) is 0 Å². The largest absolute Gasteiger partial charge is 0.481 e. The summed E-state index contributed by atoms with van der Waals surface area (Å²) in [7, 11) is 0. The van der Waals surface area contributed by atoms with Crippen molar-refractivity contribution >= 4 is 17.0 Å². The molecule has 2 aromatic rings. The van der Waals surface area contributed by atoms with Crippen molar-refractivity contribution in [3.8, 4) is 0 Å². The Balaban J connectivity index is 0.000000172. The Hall–Kier alpha value is -1.91. The number of rotatable bonds is 4. The van der Waals surface area contributed by atoms with Gasteiger partial charge < -0.3 is 5.11 Å². The van der Waals surface area contributed by atoms with E-state index in [1.165, 1.54) is 0 Å². The number of aromatic amines is 1. The molecule has 5 heteroatoms. The number of carboxylic acids is 1. The van der Waals surface area contributed by atoms with Crippen LogP contribution in [0.1, 0.15) is 32.6 Å². The predicted molar refractivity (Wildman–Crippen MR) is 65.7 cm³/mol. The quantitative estimate of drug-likeness (QED) is 0.798. The van der Waals surface area contributed by atoms with Gasteiger partial charge in [-0.1, -0.05) is 37.1 Å². The number of benzene rings is 1.